The standard InChI is InChI=1S/C15H22N2O2/c1-15(2,11-7-8-11)16-10-14(18)17-12-5-4-6-13(9-12)19-3/h4-6,9,11,16H,7-8,10H2,1-3H3,(H,17,18). The predicted molar refractivity (Wildman–Crippen MR) is 76.4 cm³/mol. The Morgan fingerprint density at radius 2 is 2.16 bits per heavy atom. The normalized spacial score (nSPS) is 15.1. The summed E-state index contributed by atoms with van der Waals surface area (Å²) in [6, 6.07) is 7.37. The van der Waals surface area contributed by atoms with Crippen LogP contribution in [0.15, 0.2) is 24.3 Å². The maximum Gasteiger partial charge on any atom is 0.238 e. The molecule has 1 aliphatic rings. The molecule has 1 aliphatic carbocycles. The van der Waals surface area contributed by atoms with Crippen LogP contribution in [-0.4, -0.2) is 25.1 Å². The zero-order valence-electron chi connectivity index (χ0n) is 11.8. The number of anilines is 1. The van der Waals surface area contributed by atoms with Gasteiger partial charge in [-0.3, -0.25) is 4.79 Å². The molecule has 0 heterocycles. The van der Waals surface area contributed by atoms with Crippen LogP contribution in [0.3, 0.4) is 0 Å². The van der Waals surface area contributed by atoms with Crippen molar-refractivity contribution in [2.24, 2.45) is 5.92 Å². The van der Waals surface area contributed by atoms with Gasteiger partial charge >= 0.3 is 0 Å². The van der Waals surface area contributed by atoms with Crippen molar-refractivity contribution >= 4 is 11.6 Å². The Hall–Kier alpha value is -1.55. The van der Waals surface area contributed by atoms with Crippen molar-refractivity contribution in [3.05, 3.63) is 24.3 Å². The Morgan fingerprint density at radius 1 is 1.42 bits per heavy atom. The van der Waals surface area contributed by atoms with Gasteiger partial charge in [-0.2, -0.15) is 0 Å². The minimum Gasteiger partial charge on any atom is -0.497 e. The molecule has 0 unspecified atom stereocenters. The number of nitrogens with one attached hydrogen (secondary N) is 2. The Balaban J connectivity index is 1.83. The Labute approximate surface area is 114 Å². The first-order valence-electron chi connectivity index (χ1n) is 6.70. The molecule has 1 amide bonds. The third kappa shape index (κ3) is 3.96. The van der Waals surface area contributed by atoms with E-state index < -0.39 is 0 Å². The highest BCUT2D eigenvalue weighted by atomic mass is 16.5. The molecule has 1 fully saturated rings. The van der Waals surface area contributed by atoms with Gasteiger partial charge in [-0.25, -0.2) is 0 Å². The number of hydrogen-bond acceptors (Lipinski definition) is 3. The molecule has 104 valence electrons. The molecule has 0 spiro atoms. The van der Waals surface area contributed by atoms with Gasteiger partial charge in [-0.15, -0.1) is 0 Å². The second-order valence-corrected chi connectivity index (χ2v) is 5.63. The van der Waals surface area contributed by atoms with E-state index in [0.717, 1.165) is 11.4 Å². The summed E-state index contributed by atoms with van der Waals surface area (Å²) < 4.78 is 5.12. The van der Waals surface area contributed by atoms with E-state index in [1.54, 1.807) is 7.11 Å². The van der Waals surface area contributed by atoms with Gasteiger partial charge < -0.3 is 15.4 Å². The third-order valence-corrected chi connectivity index (χ3v) is 3.66. The fourth-order valence-electron chi connectivity index (χ4n) is 2.16. The number of carbonyl (C=O) groups excluding carboxylic acids is 1. The van der Waals surface area contributed by atoms with Crippen molar-refractivity contribution in [1.82, 2.24) is 5.32 Å². The number of ether oxygens (including phenoxy) is 1. The van der Waals surface area contributed by atoms with E-state index in [1.165, 1.54) is 12.8 Å². The summed E-state index contributed by atoms with van der Waals surface area (Å²) in [7, 11) is 1.61. The van der Waals surface area contributed by atoms with Gasteiger partial charge in [0, 0.05) is 17.3 Å². The minimum absolute atomic E-state index is 0.0259. The average Bonchev–Trinajstić information content (AvgIpc) is 3.21. The molecule has 0 bridgehead atoms. The lowest BCUT2D eigenvalue weighted by Crippen LogP contribution is -2.45. The molecule has 0 aromatic heterocycles. The van der Waals surface area contributed by atoms with Gasteiger partial charge in [0.1, 0.15) is 5.75 Å². The van der Waals surface area contributed by atoms with E-state index in [1.807, 2.05) is 24.3 Å². The maximum absolute atomic E-state index is 11.9. The molecule has 4 nitrogen and oxygen atoms in total. The van der Waals surface area contributed by atoms with Crippen LogP contribution in [0.1, 0.15) is 26.7 Å². The van der Waals surface area contributed by atoms with Crippen molar-refractivity contribution in [2.75, 3.05) is 19.0 Å². The van der Waals surface area contributed by atoms with Crippen LogP contribution >= 0.6 is 0 Å². The fourth-order valence-corrected chi connectivity index (χ4v) is 2.16. The van der Waals surface area contributed by atoms with Gasteiger partial charge in [0.25, 0.3) is 0 Å². The van der Waals surface area contributed by atoms with Crippen LogP contribution in [0.4, 0.5) is 5.69 Å². The van der Waals surface area contributed by atoms with Crippen molar-refractivity contribution in [1.29, 1.82) is 0 Å². The first-order valence-corrected chi connectivity index (χ1v) is 6.70. The molecule has 0 radical (unpaired) electrons. The Bertz CT molecular complexity index is 453. The molecular weight excluding hydrogens is 240 g/mol. The van der Waals surface area contributed by atoms with E-state index in [0.29, 0.717) is 12.5 Å². The Kier molecular flexibility index (Phi) is 4.10. The molecule has 1 aromatic rings. The topological polar surface area (TPSA) is 50.4 Å². The maximum atomic E-state index is 11.9. The summed E-state index contributed by atoms with van der Waals surface area (Å²) >= 11 is 0. The molecule has 1 aromatic carbocycles. The Morgan fingerprint density at radius 3 is 2.79 bits per heavy atom. The number of amides is 1. The number of benzene rings is 1. The van der Waals surface area contributed by atoms with Crippen LogP contribution in [0, 0.1) is 5.92 Å². The molecule has 2 rings (SSSR count). The molecule has 0 atom stereocenters. The highest BCUT2D eigenvalue weighted by Gasteiger charge is 2.37. The highest BCUT2D eigenvalue weighted by molar-refractivity contribution is 5.92. The van der Waals surface area contributed by atoms with E-state index in [-0.39, 0.29) is 11.4 Å². The third-order valence-electron chi connectivity index (χ3n) is 3.66. The van der Waals surface area contributed by atoms with Gasteiger partial charge in [0.05, 0.1) is 13.7 Å². The van der Waals surface area contributed by atoms with Gasteiger partial charge in [0.2, 0.25) is 5.91 Å². The van der Waals surface area contributed by atoms with E-state index in [9.17, 15) is 4.79 Å². The van der Waals surface area contributed by atoms with E-state index in [4.69, 9.17) is 4.74 Å². The molecule has 2 N–H and O–H groups in total. The largest absolute Gasteiger partial charge is 0.497 e. The molecular formula is C15H22N2O2. The summed E-state index contributed by atoms with van der Waals surface area (Å²) in [6.07, 6.45) is 2.52. The summed E-state index contributed by atoms with van der Waals surface area (Å²) in [5.41, 5.74) is 0.807. The summed E-state index contributed by atoms with van der Waals surface area (Å²) in [5.74, 6) is 1.42. The lowest BCUT2D eigenvalue weighted by molar-refractivity contribution is -0.115. The van der Waals surface area contributed by atoms with Crippen LogP contribution in [0.25, 0.3) is 0 Å². The lowest BCUT2D eigenvalue weighted by atomic mass is 9.99. The summed E-state index contributed by atoms with van der Waals surface area (Å²) in [4.78, 5) is 11.9. The monoisotopic (exact) mass is 262 g/mol. The van der Waals surface area contributed by atoms with Crippen molar-refractivity contribution in [3.8, 4) is 5.75 Å². The van der Waals surface area contributed by atoms with Crippen LogP contribution in [-0.2, 0) is 4.79 Å². The zero-order valence-corrected chi connectivity index (χ0v) is 11.8. The number of methoxy groups -OCH3 is 1. The van der Waals surface area contributed by atoms with Crippen LogP contribution in [0.5, 0.6) is 5.75 Å². The summed E-state index contributed by atoms with van der Waals surface area (Å²) in [5, 5.41) is 6.19. The first kappa shape index (κ1) is 13.9. The second kappa shape index (κ2) is 5.61. The highest BCUT2D eigenvalue weighted by Crippen LogP contribution is 2.38. The number of rotatable bonds is 6. The molecule has 19 heavy (non-hydrogen) atoms. The minimum atomic E-state index is -0.0259. The van der Waals surface area contributed by atoms with Crippen LogP contribution in [0.2, 0.25) is 0 Å². The SMILES string of the molecule is COc1cccc(NC(=O)CNC(C)(C)C2CC2)c1. The predicted octanol–water partition coefficient (Wildman–Crippen LogP) is 2.41. The van der Waals surface area contributed by atoms with Gasteiger partial charge in [-0.1, -0.05) is 6.07 Å². The molecule has 1 saturated carbocycles. The number of hydrogen-bond donors (Lipinski definition) is 2. The van der Waals surface area contributed by atoms with Gasteiger partial charge in [-0.05, 0) is 44.7 Å². The zero-order chi connectivity index (χ0) is 13.9. The molecule has 0 aliphatic heterocycles. The van der Waals surface area contributed by atoms with Gasteiger partial charge in [0.15, 0.2) is 0 Å². The smallest absolute Gasteiger partial charge is 0.238 e. The fraction of sp³-hybridized carbons (Fsp3) is 0.533. The van der Waals surface area contributed by atoms with Crippen molar-refractivity contribution < 1.29 is 9.53 Å². The first-order chi connectivity index (χ1) is 9.01. The quantitative estimate of drug-likeness (QED) is 0.827. The number of carbonyl (C=O) groups is 1. The molecule has 0 saturated heterocycles. The van der Waals surface area contributed by atoms with Crippen molar-refractivity contribution in [3.63, 3.8) is 0 Å². The van der Waals surface area contributed by atoms with Crippen molar-refractivity contribution in [2.45, 2.75) is 32.2 Å². The molecule has 4 heteroatoms. The summed E-state index contributed by atoms with van der Waals surface area (Å²) in [6.45, 7) is 4.65. The lowest BCUT2D eigenvalue weighted by Gasteiger charge is -2.25. The second-order valence-electron chi connectivity index (χ2n) is 5.63. The average molecular weight is 262 g/mol. The van der Waals surface area contributed by atoms with Crippen LogP contribution < -0.4 is 15.4 Å². The van der Waals surface area contributed by atoms with E-state index in [2.05, 4.69) is 24.5 Å². The van der Waals surface area contributed by atoms with E-state index >= 15 is 0 Å².